The molecule has 1 aliphatic heterocycles. The van der Waals surface area contributed by atoms with E-state index in [1.807, 2.05) is 37.3 Å². The quantitative estimate of drug-likeness (QED) is 0.539. The molecule has 1 atom stereocenters. The highest BCUT2D eigenvalue weighted by Crippen LogP contribution is 2.32. The summed E-state index contributed by atoms with van der Waals surface area (Å²) < 4.78 is 11.1. The minimum atomic E-state index is -0.282. The van der Waals surface area contributed by atoms with Crippen LogP contribution in [0, 0.1) is 0 Å². The second kappa shape index (κ2) is 9.78. The molecule has 0 saturated heterocycles. The molecule has 0 bridgehead atoms. The standard InChI is InChI=1S/C22H25N3O5/c1-14(18-6-9-20-21(12-18)29-11-10-28-20)23-22(27)13-30-25-15(2)17-4-7-19(8-5-17)24-16(3)26/h4-9,12,14H,10-11,13H2,1-3H3,(H,23,27)(H,24,26)/b25-15-/t14-/m0/s1. The number of amides is 2. The SMILES string of the molecule is CC(=O)Nc1ccc(/C(C)=N\OCC(=O)N[C@@H](C)c2ccc3c(c2)OCCO3)cc1. The van der Waals surface area contributed by atoms with Gasteiger partial charge in [0.25, 0.3) is 5.91 Å². The van der Waals surface area contributed by atoms with Crippen molar-refractivity contribution in [1.82, 2.24) is 5.32 Å². The van der Waals surface area contributed by atoms with Gasteiger partial charge in [-0.05, 0) is 49.2 Å². The average molecular weight is 411 g/mol. The zero-order valence-corrected chi connectivity index (χ0v) is 17.2. The van der Waals surface area contributed by atoms with E-state index in [2.05, 4.69) is 15.8 Å². The molecule has 158 valence electrons. The lowest BCUT2D eigenvalue weighted by molar-refractivity contribution is -0.126. The highest BCUT2D eigenvalue weighted by molar-refractivity contribution is 5.99. The molecule has 2 amide bonds. The molecule has 0 fully saturated rings. The summed E-state index contributed by atoms with van der Waals surface area (Å²) in [4.78, 5) is 28.4. The maximum absolute atomic E-state index is 12.2. The number of nitrogens with zero attached hydrogens (tertiary/aromatic N) is 1. The molecule has 3 rings (SSSR count). The minimum Gasteiger partial charge on any atom is -0.486 e. The summed E-state index contributed by atoms with van der Waals surface area (Å²) in [6, 6.07) is 12.6. The van der Waals surface area contributed by atoms with Gasteiger partial charge in [0.1, 0.15) is 13.2 Å². The Balaban J connectivity index is 1.49. The Bertz CT molecular complexity index is 940. The van der Waals surface area contributed by atoms with Gasteiger partial charge in [0.15, 0.2) is 18.1 Å². The number of nitrogens with one attached hydrogen (secondary N) is 2. The molecule has 1 aliphatic rings. The van der Waals surface area contributed by atoms with Crippen molar-refractivity contribution in [3.63, 3.8) is 0 Å². The van der Waals surface area contributed by atoms with Crippen LogP contribution in [0.4, 0.5) is 5.69 Å². The largest absolute Gasteiger partial charge is 0.486 e. The predicted molar refractivity (Wildman–Crippen MR) is 113 cm³/mol. The third-order valence-electron chi connectivity index (χ3n) is 4.46. The normalized spacial score (nSPS) is 13.9. The van der Waals surface area contributed by atoms with Crippen LogP contribution in [0.2, 0.25) is 0 Å². The van der Waals surface area contributed by atoms with Gasteiger partial charge < -0.3 is 24.9 Å². The van der Waals surface area contributed by atoms with E-state index < -0.39 is 0 Å². The smallest absolute Gasteiger partial charge is 0.261 e. The molecule has 8 nitrogen and oxygen atoms in total. The summed E-state index contributed by atoms with van der Waals surface area (Å²) >= 11 is 0. The van der Waals surface area contributed by atoms with Gasteiger partial charge in [-0.1, -0.05) is 23.4 Å². The van der Waals surface area contributed by atoms with Crippen LogP contribution >= 0.6 is 0 Å². The molecular weight excluding hydrogens is 386 g/mol. The maximum Gasteiger partial charge on any atom is 0.261 e. The summed E-state index contributed by atoms with van der Waals surface area (Å²) in [6.45, 7) is 5.97. The fourth-order valence-corrected chi connectivity index (χ4v) is 2.93. The van der Waals surface area contributed by atoms with Crippen molar-refractivity contribution in [2.24, 2.45) is 5.16 Å². The van der Waals surface area contributed by atoms with Crippen LogP contribution in [-0.2, 0) is 14.4 Å². The van der Waals surface area contributed by atoms with E-state index in [1.165, 1.54) is 6.92 Å². The number of hydrogen-bond donors (Lipinski definition) is 2. The van der Waals surface area contributed by atoms with Crippen molar-refractivity contribution in [1.29, 1.82) is 0 Å². The van der Waals surface area contributed by atoms with Crippen molar-refractivity contribution >= 4 is 23.2 Å². The summed E-state index contributed by atoms with van der Waals surface area (Å²) in [5, 5.41) is 9.57. The Morgan fingerprint density at radius 1 is 1.07 bits per heavy atom. The highest BCUT2D eigenvalue weighted by atomic mass is 16.6. The van der Waals surface area contributed by atoms with Crippen LogP contribution in [0.25, 0.3) is 0 Å². The molecule has 2 aromatic carbocycles. The number of benzene rings is 2. The fraction of sp³-hybridized carbons (Fsp3) is 0.318. The number of oxime groups is 1. The van der Waals surface area contributed by atoms with Crippen molar-refractivity contribution in [2.75, 3.05) is 25.1 Å². The van der Waals surface area contributed by atoms with Crippen LogP contribution in [-0.4, -0.2) is 37.3 Å². The first-order valence-electron chi connectivity index (χ1n) is 9.66. The predicted octanol–water partition coefficient (Wildman–Crippen LogP) is 3.03. The van der Waals surface area contributed by atoms with Gasteiger partial charge in [0, 0.05) is 12.6 Å². The first-order chi connectivity index (χ1) is 14.4. The molecule has 2 N–H and O–H groups in total. The lowest BCUT2D eigenvalue weighted by atomic mass is 10.1. The molecule has 1 heterocycles. The van der Waals surface area contributed by atoms with Crippen LogP contribution < -0.4 is 20.1 Å². The average Bonchev–Trinajstić information content (AvgIpc) is 2.73. The Labute approximate surface area is 175 Å². The van der Waals surface area contributed by atoms with Crippen LogP contribution in [0.3, 0.4) is 0 Å². The van der Waals surface area contributed by atoms with Gasteiger partial charge in [-0.3, -0.25) is 9.59 Å². The van der Waals surface area contributed by atoms with E-state index in [1.54, 1.807) is 19.1 Å². The van der Waals surface area contributed by atoms with Crippen LogP contribution in [0.15, 0.2) is 47.6 Å². The monoisotopic (exact) mass is 411 g/mol. The van der Waals surface area contributed by atoms with Crippen LogP contribution in [0.5, 0.6) is 11.5 Å². The van der Waals surface area contributed by atoms with Gasteiger partial charge in [-0.15, -0.1) is 0 Å². The van der Waals surface area contributed by atoms with Crippen molar-refractivity contribution in [2.45, 2.75) is 26.8 Å². The third kappa shape index (κ3) is 5.73. The third-order valence-corrected chi connectivity index (χ3v) is 4.46. The van der Waals surface area contributed by atoms with Gasteiger partial charge in [-0.2, -0.15) is 0 Å². The lowest BCUT2D eigenvalue weighted by Crippen LogP contribution is -2.30. The zero-order valence-electron chi connectivity index (χ0n) is 17.2. The van der Waals surface area contributed by atoms with E-state index >= 15 is 0 Å². The topological polar surface area (TPSA) is 98.2 Å². The van der Waals surface area contributed by atoms with Crippen molar-refractivity contribution in [3.05, 3.63) is 53.6 Å². The maximum atomic E-state index is 12.2. The van der Waals surface area contributed by atoms with E-state index in [0.717, 1.165) is 11.1 Å². The number of carbonyl (C=O) groups excluding carboxylic acids is 2. The number of hydrogen-bond acceptors (Lipinski definition) is 6. The number of ether oxygens (including phenoxy) is 2. The Morgan fingerprint density at radius 2 is 1.77 bits per heavy atom. The summed E-state index contributed by atoms with van der Waals surface area (Å²) in [5.74, 6) is 0.977. The van der Waals surface area contributed by atoms with E-state index in [4.69, 9.17) is 14.3 Å². The molecule has 0 saturated carbocycles. The molecule has 30 heavy (non-hydrogen) atoms. The van der Waals surface area contributed by atoms with Gasteiger partial charge in [0.2, 0.25) is 5.91 Å². The molecule has 0 aromatic heterocycles. The molecule has 0 radical (unpaired) electrons. The minimum absolute atomic E-state index is 0.132. The second-order valence-electron chi connectivity index (χ2n) is 6.90. The zero-order chi connectivity index (χ0) is 21.5. The Kier molecular flexibility index (Phi) is 6.90. The summed E-state index contributed by atoms with van der Waals surface area (Å²) in [5.41, 5.74) is 3.06. The molecule has 0 unspecified atom stereocenters. The molecule has 0 aliphatic carbocycles. The number of carbonyl (C=O) groups is 2. The van der Waals surface area contributed by atoms with Gasteiger partial charge in [0.05, 0.1) is 11.8 Å². The summed E-state index contributed by atoms with van der Waals surface area (Å²) in [7, 11) is 0. The summed E-state index contributed by atoms with van der Waals surface area (Å²) in [6.07, 6.45) is 0. The van der Waals surface area contributed by atoms with Crippen LogP contribution in [0.1, 0.15) is 37.9 Å². The molecule has 2 aromatic rings. The highest BCUT2D eigenvalue weighted by Gasteiger charge is 2.16. The molecule has 8 heteroatoms. The van der Waals surface area contributed by atoms with Gasteiger partial charge in [-0.25, -0.2) is 0 Å². The van der Waals surface area contributed by atoms with E-state index in [-0.39, 0.29) is 24.5 Å². The van der Waals surface area contributed by atoms with E-state index in [9.17, 15) is 9.59 Å². The van der Waals surface area contributed by atoms with Crippen molar-refractivity contribution < 1.29 is 23.9 Å². The lowest BCUT2D eigenvalue weighted by Gasteiger charge is -2.21. The van der Waals surface area contributed by atoms with E-state index in [0.29, 0.717) is 36.1 Å². The number of fused-ring (bicyclic) bond motifs is 1. The van der Waals surface area contributed by atoms with Gasteiger partial charge >= 0.3 is 0 Å². The Hall–Kier alpha value is -3.55. The first-order valence-corrected chi connectivity index (χ1v) is 9.66. The second-order valence-corrected chi connectivity index (χ2v) is 6.90. The first kappa shape index (κ1) is 21.2. The number of rotatable bonds is 7. The molecule has 0 spiro atoms. The Morgan fingerprint density at radius 3 is 2.47 bits per heavy atom. The molecular formula is C22H25N3O5. The number of anilines is 1. The van der Waals surface area contributed by atoms with Crippen molar-refractivity contribution in [3.8, 4) is 11.5 Å². The fourth-order valence-electron chi connectivity index (χ4n) is 2.93.